The first-order valence-corrected chi connectivity index (χ1v) is 10.9. The van der Waals surface area contributed by atoms with Crippen molar-refractivity contribution in [3.63, 3.8) is 0 Å². The van der Waals surface area contributed by atoms with E-state index in [0.717, 1.165) is 45.0 Å². The number of benzene rings is 2. The van der Waals surface area contributed by atoms with Gasteiger partial charge in [0, 0.05) is 27.4 Å². The van der Waals surface area contributed by atoms with Crippen molar-refractivity contribution < 1.29 is 4.74 Å². The summed E-state index contributed by atoms with van der Waals surface area (Å²) < 4.78 is 7.96. The first kappa shape index (κ1) is 21.3. The summed E-state index contributed by atoms with van der Waals surface area (Å²) in [6.45, 7) is 7.05. The van der Waals surface area contributed by atoms with Crippen LogP contribution in [0, 0.1) is 13.8 Å². The third-order valence-electron chi connectivity index (χ3n) is 4.29. The molecule has 0 aliphatic carbocycles. The minimum Gasteiger partial charge on any atom is -0.486 e. The molecule has 0 atom stereocenters. The lowest BCUT2D eigenvalue weighted by atomic mass is 10.1. The van der Waals surface area contributed by atoms with Crippen LogP contribution in [0.15, 0.2) is 35.5 Å². The zero-order valence-corrected chi connectivity index (χ0v) is 18.9. The number of nitrogens with zero attached hydrogens (tertiary/aromatic N) is 3. The van der Waals surface area contributed by atoms with E-state index in [0.29, 0.717) is 22.4 Å². The van der Waals surface area contributed by atoms with Crippen LogP contribution in [0.3, 0.4) is 0 Å². The fraction of sp³-hybridized carbons (Fsp3) is 0.300. The van der Waals surface area contributed by atoms with Crippen molar-refractivity contribution in [2.75, 3.05) is 0 Å². The molecule has 0 saturated heterocycles. The fourth-order valence-electron chi connectivity index (χ4n) is 2.79. The van der Waals surface area contributed by atoms with Gasteiger partial charge in [0.25, 0.3) is 0 Å². The molecule has 0 unspecified atom stereocenters. The molecule has 3 rings (SSSR count). The minimum atomic E-state index is 0.328. The van der Waals surface area contributed by atoms with Crippen molar-refractivity contribution in [2.45, 2.75) is 44.8 Å². The second-order valence-corrected chi connectivity index (χ2v) is 8.43. The Bertz CT molecular complexity index is 948. The van der Waals surface area contributed by atoms with Gasteiger partial charge in [-0.3, -0.25) is 0 Å². The van der Waals surface area contributed by atoms with Crippen molar-refractivity contribution in [1.82, 2.24) is 14.8 Å². The van der Waals surface area contributed by atoms with E-state index >= 15 is 0 Å². The van der Waals surface area contributed by atoms with E-state index in [4.69, 9.17) is 39.5 Å². The maximum Gasteiger partial charge on any atom is 0.191 e. The first-order valence-electron chi connectivity index (χ1n) is 8.78. The molecule has 0 saturated carbocycles. The zero-order valence-electron chi connectivity index (χ0n) is 15.8. The molecular weight excluding hydrogens is 437 g/mol. The van der Waals surface area contributed by atoms with Gasteiger partial charge in [-0.1, -0.05) is 52.6 Å². The molecule has 1 aromatic heterocycles. The number of rotatable bonds is 7. The van der Waals surface area contributed by atoms with Crippen LogP contribution in [0.5, 0.6) is 5.75 Å². The van der Waals surface area contributed by atoms with Gasteiger partial charge in [-0.25, -0.2) is 0 Å². The van der Waals surface area contributed by atoms with Crippen molar-refractivity contribution in [1.29, 1.82) is 0 Å². The van der Waals surface area contributed by atoms with Crippen LogP contribution in [0.1, 0.15) is 29.4 Å². The number of hydrogen-bond donors (Lipinski definition) is 0. The first-order chi connectivity index (χ1) is 13.4. The lowest BCUT2D eigenvalue weighted by Crippen LogP contribution is -2.07. The third-order valence-corrected chi connectivity index (χ3v) is 6.59. The van der Waals surface area contributed by atoms with Crippen LogP contribution in [0.4, 0.5) is 0 Å². The standard InChI is InChI=1S/C20H20Cl3N3OS/c1-4-26-18(10-27-14-8-12(2)19(23)13(3)9-14)24-25-20(26)28-11-15-16(21)6-5-7-17(15)22/h5-9H,4,10-11H2,1-3H3. The van der Waals surface area contributed by atoms with Gasteiger partial charge in [-0.15, -0.1) is 10.2 Å². The van der Waals surface area contributed by atoms with Gasteiger partial charge in [0.1, 0.15) is 12.4 Å². The van der Waals surface area contributed by atoms with Gasteiger partial charge in [-0.05, 0) is 61.7 Å². The lowest BCUT2D eigenvalue weighted by Gasteiger charge is -2.11. The van der Waals surface area contributed by atoms with Crippen LogP contribution < -0.4 is 4.74 Å². The van der Waals surface area contributed by atoms with E-state index in [1.54, 1.807) is 11.8 Å². The summed E-state index contributed by atoms with van der Waals surface area (Å²) >= 11 is 20.3. The molecule has 0 amide bonds. The highest BCUT2D eigenvalue weighted by molar-refractivity contribution is 7.98. The SMILES string of the molecule is CCn1c(COc2cc(C)c(Cl)c(C)c2)nnc1SCc1c(Cl)cccc1Cl. The summed E-state index contributed by atoms with van der Waals surface area (Å²) in [5.74, 6) is 2.15. The predicted octanol–water partition coefficient (Wildman–Crippen LogP) is 6.75. The smallest absolute Gasteiger partial charge is 0.191 e. The van der Waals surface area contributed by atoms with Crippen molar-refractivity contribution in [3.05, 3.63) is 67.9 Å². The predicted molar refractivity (Wildman–Crippen MR) is 117 cm³/mol. The van der Waals surface area contributed by atoms with E-state index in [2.05, 4.69) is 17.1 Å². The highest BCUT2D eigenvalue weighted by Gasteiger charge is 2.14. The zero-order chi connectivity index (χ0) is 20.3. The molecule has 0 aliphatic heterocycles. The number of aryl methyl sites for hydroxylation is 2. The number of thioether (sulfide) groups is 1. The van der Waals surface area contributed by atoms with Gasteiger partial charge >= 0.3 is 0 Å². The van der Waals surface area contributed by atoms with Gasteiger partial charge in [0.05, 0.1) is 0 Å². The fourth-order valence-corrected chi connectivity index (χ4v) is 4.67. The molecule has 4 nitrogen and oxygen atoms in total. The molecule has 1 heterocycles. The summed E-state index contributed by atoms with van der Waals surface area (Å²) in [4.78, 5) is 0. The number of aromatic nitrogens is 3. The van der Waals surface area contributed by atoms with Gasteiger partial charge in [0.15, 0.2) is 11.0 Å². The Labute approximate surface area is 184 Å². The molecule has 3 aromatic rings. The number of halogens is 3. The molecule has 28 heavy (non-hydrogen) atoms. The second kappa shape index (κ2) is 9.40. The van der Waals surface area contributed by atoms with Crippen LogP contribution in [0.2, 0.25) is 15.1 Å². The molecule has 0 aliphatic rings. The van der Waals surface area contributed by atoms with Crippen LogP contribution in [-0.4, -0.2) is 14.8 Å². The Morgan fingerprint density at radius 3 is 2.29 bits per heavy atom. The van der Waals surface area contributed by atoms with Gasteiger partial charge in [-0.2, -0.15) is 0 Å². The Morgan fingerprint density at radius 2 is 1.68 bits per heavy atom. The Balaban J connectivity index is 1.71. The van der Waals surface area contributed by atoms with E-state index < -0.39 is 0 Å². The van der Waals surface area contributed by atoms with Crippen LogP contribution in [0.25, 0.3) is 0 Å². The maximum atomic E-state index is 6.26. The summed E-state index contributed by atoms with van der Waals surface area (Å²) in [5.41, 5.74) is 2.87. The number of ether oxygens (including phenoxy) is 1. The Hall–Kier alpha value is -1.40. The van der Waals surface area contributed by atoms with Crippen LogP contribution in [-0.2, 0) is 18.9 Å². The summed E-state index contributed by atoms with van der Waals surface area (Å²) in [6, 6.07) is 9.36. The summed E-state index contributed by atoms with van der Waals surface area (Å²) in [6.07, 6.45) is 0. The van der Waals surface area contributed by atoms with Gasteiger partial charge in [0.2, 0.25) is 0 Å². The monoisotopic (exact) mass is 455 g/mol. The third kappa shape index (κ3) is 4.77. The summed E-state index contributed by atoms with van der Waals surface area (Å²) in [5, 5.41) is 11.5. The molecule has 0 N–H and O–H groups in total. The molecule has 8 heteroatoms. The molecule has 0 spiro atoms. The molecule has 0 bridgehead atoms. The normalized spacial score (nSPS) is 11.1. The molecule has 148 valence electrons. The van der Waals surface area contributed by atoms with Crippen molar-refractivity contribution in [2.24, 2.45) is 0 Å². The van der Waals surface area contributed by atoms with E-state index in [9.17, 15) is 0 Å². The highest BCUT2D eigenvalue weighted by atomic mass is 35.5. The van der Waals surface area contributed by atoms with Gasteiger partial charge < -0.3 is 9.30 Å². The topological polar surface area (TPSA) is 39.9 Å². The number of hydrogen-bond acceptors (Lipinski definition) is 4. The van der Waals surface area contributed by atoms with Crippen molar-refractivity contribution >= 4 is 46.6 Å². The minimum absolute atomic E-state index is 0.328. The maximum absolute atomic E-state index is 6.26. The highest BCUT2D eigenvalue weighted by Crippen LogP contribution is 2.31. The average Bonchev–Trinajstić information content (AvgIpc) is 3.05. The van der Waals surface area contributed by atoms with Crippen molar-refractivity contribution in [3.8, 4) is 5.75 Å². The molecule has 2 aromatic carbocycles. The average molecular weight is 457 g/mol. The van der Waals surface area contributed by atoms with E-state index in [1.165, 1.54) is 0 Å². The van der Waals surface area contributed by atoms with Crippen LogP contribution >= 0.6 is 46.6 Å². The van der Waals surface area contributed by atoms with E-state index in [-0.39, 0.29) is 0 Å². The quantitative estimate of drug-likeness (QED) is 0.369. The lowest BCUT2D eigenvalue weighted by molar-refractivity contribution is 0.288. The molecule has 0 radical (unpaired) electrons. The molecule has 0 fully saturated rings. The Morgan fingerprint density at radius 1 is 1.04 bits per heavy atom. The molecular formula is C20H20Cl3N3OS. The Kier molecular flexibility index (Phi) is 7.15. The largest absolute Gasteiger partial charge is 0.486 e. The second-order valence-electron chi connectivity index (χ2n) is 6.29. The summed E-state index contributed by atoms with van der Waals surface area (Å²) in [7, 11) is 0. The van der Waals surface area contributed by atoms with E-state index in [1.807, 2.05) is 48.7 Å².